The summed E-state index contributed by atoms with van der Waals surface area (Å²) in [5, 5.41) is 11.2. The van der Waals surface area contributed by atoms with E-state index >= 15 is 0 Å². The third-order valence-corrected chi connectivity index (χ3v) is 6.12. The Morgan fingerprint density at radius 1 is 1.15 bits per heavy atom. The molecule has 0 aliphatic carbocycles. The molecule has 1 atom stereocenters. The minimum absolute atomic E-state index is 0.0894. The lowest BCUT2D eigenvalue weighted by molar-refractivity contribution is -0.140. The van der Waals surface area contributed by atoms with E-state index in [-0.39, 0.29) is 11.3 Å². The van der Waals surface area contributed by atoms with Gasteiger partial charge in [-0.25, -0.2) is 0 Å². The zero-order chi connectivity index (χ0) is 23.9. The van der Waals surface area contributed by atoms with Crippen LogP contribution in [0.1, 0.15) is 36.9 Å². The topological polar surface area (TPSA) is 92.2 Å². The number of amides is 1. The highest BCUT2D eigenvalue weighted by molar-refractivity contribution is 6.46. The molecule has 34 heavy (non-hydrogen) atoms. The molecule has 1 N–H and O–H groups in total. The SMILES string of the molecule is CCCOc1ccc(C(O)=C2C(=O)C(=O)N(CCCN3CCOCC3)[C@H]2c2cccnc2)cc1. The quantitative estimate of drug-likeness (QED) is 0.346. The monoisotopic (exact) mass is 465 g/mol. The van der Waals surface area contributed by atoms with Gasteiger partial charge in [0, 0.05) is 44.1 Å². The molecule has 1 aromatic carbocycles. The van der Waals surface area contributed by atoms with Gasteiger partial charge in [-0.1, -0.05) is 13.0 Å². The van der Waals surface area contributed by atoms with Gasteiger partial charge in [0.25, 0.3) is 11.7 Å². The van der Waals surface area contributed by atoms with Gasteiger partial charge in [0.15, 0.2) is 0 Å². The molecule has 180 valence electrons. The van der Waals surface area contributed by atoms with Gasteiger partial charge in [-0.2, -0.15) is 0 Å². The van der Waals surface area contributed by atoms with Crippen LogP contribution in [0, 0.1) is 0 Å². The molecular formula is C26H31N3O5. The first-order valence-corrected chi connectivity index (χ1v) is 11.8. The van der Waals surface area contributed by atoms with Crippen molar-refractivity contribution in [2.45, 2.75) is 25.8 Å². The minimum Gasteiger partial charge on any atom is -0.507 e. The van der Waals surface area contributed by atoms with E-state index in [1.165, 1.54) is 0 Å². The van der Waals surface area contributed by atoms with Crippen LogP contribution in [-0.4, -0.2) is 77.6 Å². The molecule has 3 heterocycles. The number of likely N-dealkylation sites (tertiary alicyclic amines) is 1. The molecule has 2 aromatic rings. The highest BCUT2D eigenvalue weighted by atomic mass is 16.5. The van der Waals surface area contributed by atoms with E-state index in [1.807, 2.05) is 13.0 Å². The molecule has 8 nitrogen and oxygen atoms in total. The van der Waals surface area contributed by atoms with Gasteiger partial charge in [0.2, 0.25) is 0 Å². The average Bonchev–Trinajstić information content (AvgIpc) is 3.13. The first-order valence-electron chi connectivity index (χ1n) is 11.8. The Bertz CT molecular complexity index is 1020. The molecule has 0 bridgehead atoms. The Kier molecular flexibility index (Phi) is 7.92. The van der Waals surface area contributed by atoms with Crippen molar-refractivity contribution in [1.82, 2.24) is 14.8 Å². The van der Waals surface area contributed by atoms with Crippen LogP contribution in [0.2, 0.25) is 0 Å². The highest BCUT2D eigenvalue weighted by Crippen LogP contribution is 2.39. The Morgan fingerprint density at radius 2 is 1.91 bits per heavy atom. The number of carbonyl (C=O) groups is 2. The zero-order valence-electron chi connectivity index (χ0n) is 19.5. The fraction of sp³-hybridized carbons (Fsp3) is 0.423. The van der Waals surface area contributed by atoms with Crippen molar-refractivity contribution in [1.29, 1.82) is 0 Å². The van der Waals surface area contributed by atoms with E-state index in [2.05, 4.69) is 9.88 Å². The molecule has 2 fully saturated rings. The fourth-order valence-corrected chi connectivity index (χ4v) is 4.37. The Balaban J connectivity index is 1.61. The third-order valence-electron chi connectivity index (χ3n) is 6.12. The summed E-state index contributed by atoms with van der Waals surface area (Å²) in [5.74, 6) is -0.778. The molecule has 0 spiro atoms. The summed E-state index contributed by atoms with van der Waals surface area (Å²) in [4.78, 5) is 34.2. The zero-order valence-corrected chi connectivity index (χ0v) is 19.5. The number of ether oxygens (including phenoxy) is 2. The van der Waals surface area contributed by atoms with Crippen LogP contribution in [0.4, 0.5) is 0 Å². The summed E-state index contributed by atoms with van der Waals surface area (Å²) in [5.41, 5.74) is 1.24. The summed E-state index contributed by atoms with van der Waals surface area (Å²) < 4.78 is 11.0. The molecule has 1 aromatic heterocycles. The maximum absolute atomic E-state index is 13.1. The van der Waals surface area contributed by atoms with Crippen molar-refractivity contribution >= 4 is 17.4 Å². The molecule has 4 rings (SSSR count). The molecule has 2 aliphatic rings. The van der Waals surface area contributed by atoms with Crippen LogP contribution in [-0.2, 0) is 14.3 Å². The number of morpholine rings is 1. The molecule has 0 saturated carbocycles. The largest absolute Gasteiger partial charge is 0.507 e. The van der Waals surface area contributed by atoms with Gasteiger partial charge in [-0.05, 0) is 48.7 Å². The van der Waals surface area contributed by atoms with Crippen molar-refractivity contribution in [3.05, 3.63) is 65.5 Å². The molecular weight excluding hydrogens is 434 g/mol. The number of aliphatic hydroxyl groups is 1. The van der Waals surface area contributed by atoms with E-state index in [1.54, 1.807) is 47.6 Å². The highest BCUT2D eigenvalue weighted by Gasteiger charge is 2.45. The molecule has 0 radical (unpaired) electrons. The lowest BCUT2D eigenvalue weighted by Gasteiger charge is -2.29. The van der Waals surface area contributed by atoms with Gasteiger partial charge >= 0.3 is 0 Å². The number of aromatic nitrogens is 1. The number of benzene rings is 1. The number of rotatable bonds is 9. The van der Waals surface area contributed by atoms with Crippen LogP contribution < -0.4 is 4.74 Å². The van der Waals surface area contributed by atoms with E-state index in [9.17, 15) is 14.7 Å². The Labute approximate surface area is 199 Å². The fourth-order valence-electron chi connectivity index (χ4n) is 4.37. The molecule has 2 saturated heterocycles. The van der Waals surface area contributed by atoms with Crippen molar-refractivity contribution in [2.24, 2.45) is 0 Å². The summed E-state index contributed by atoms with van der Waals surface area (Å²) in [6.45, 7) is 6.99. The van der Waals surface area contributed by atoms with Crippen LogP contribution in [0.15, 0.2) is 54.4 Å². The maximum atomic E-state index is 13.1. The number of nitrogens with zero attached hydrogens (tertiary/aromatic N) is 3. The Morgan fingerprint density at radius 3 is 2.59 bits per heavy atom. The number of ketones is 1. The molecule has 2 aliphatic heterocycles. The molecule has 1 amide bonds. The second-order valence-electron chi connectivity index (χ2n) is 8.46. The van der Waals surface area contributed by atoms with Gasteiger partial charge in [0.1, 0.15) is 11.5 Å². The van der Waals surface area contributed by atoms with Gasteiger partial charge < -0.3 is 19.5 Å². The first-order chi connectivity index (χ1) is 16.6. The van der Waals surface area contributed by atoms with E-state index in [4.69, 9.17) is 9.47 Å². The lowest BCUT2D eigenvalue weighted by Crippen LogP contribution is -2.39. The molecule has 0 unspecified atom stereocenters. The minimum atomic E-state index is -0.686. The van der Waals surface area contributed by atoms with Crippen molar-refractivity contribution < 1.29 is 24.2 Å². The van der Waals surface area contributed by atoms with Crippen molar-refractivity contribution in [2.75, 3.05) is 46.0 Å². The number of pyridine rings is 1. The Hall–Kier alpha value is -3.23. The smallest absolute Gasteiger partial charge is 0.295 e. The van der Waals surface area contributed by atoms with Crippen LogP contribution in [0.3, 0.4) is 0 Å². The van der Waals surface area contributed by atoms with Gasteiger partial charge in [-0.15, -0.1) is 0 Å². The second kappa shape index (κ2) is 11.3. The van der Waals surface area contributed by atoms with Gasteiger partial charge in [-0.3, -0.25) is 19.5 Å². The standard InChI is InChI=1S/C26H31N3O5/c1-2-15-34-21-8-6-19(7-9-21)24(30)22-23(20-5-3-10-27-18-20)29(26(32)25(22)31)12-4-11-28-13-16-33-17-14-28/h3,5-10,18,23,30H,2,4,11-17H2,1H3/t23-/m0/s1. The van der Waals surface area contributed by atoms with E-state index < -0.39 is 17.7 Å². The number of aliphatic hydroxyl groups excluding tert-OH is 1. The summed E-state index contributed by atoms with van der Waals surface area (Å²) >= 11 is 0. The van der Waals surface area contributed by atoms with Crippen molar-refractivity contribution in [3.63, 3.8) is 0 Å². The number of Topliss-reactive ketones (excluding diaryl/α,β-unsaturated/α-hetero) is 1. The normalized spacial score (nSPS) is 20.6. The average molecular weight is 466 g/mol. The second-order valence-corrected chi connectivity index (χ2v) is 8.46. The predicted octanol–water partition coefficient (Wildman–Crippen LogP) is 3.01. The summed E-state index contributed by atoms with van der Waals surface area (Å²) in [6.07, 6.45) is 4.89. The van der Waals surface area contributed by atoms with Crippen LogP contribution >= 0.6 is 0 Å². The van der Waals surface area contributed by atoms with Crippen LogP contribution in [0.5, 0.6) is 5.75 Å². The predicted molar refractivity (Wildman–Crippen MR) is 127 cm³/mol. The number of carbonyl (C=O) groups excluding carboxylic acids is 2. The maximum Gasteiger partial charge on any atom is 0.295 e. The van der Waals surface area contributed by atoms with E-state index in [0.717, 1.165) is 26.1 Å². The summed E-state index contributed by atoms with van der Waals surface area (Å²) in [6, 6.07) is 9.81. The lowest BCUT2D eigenvalue weighted by atomic mass is 9.96. The first kappa shape index (κ1) is 23.9. The number of hydrogen-bond donors (Lipinski definition) is 1. The molecule has 8 heteroatoms. The number of hydrogen-bond acceptors (Lipinski definition) is 7. The van der Waals surface area contributed by atoms with Gasteiger partial charge in [0.05, 0.1) is 31.4 Å². The van der Waals surface area contributed by atoms with Crippen molar-refractivity contribution in [3.8, 4) is 5.75 Å². The van der Waals surface area contributed by atoms with Crippen LogP contribution in [0.25, 0.3) is 5.76 Å². The third kappa shape index (κ3) is 5.29. The van der Waals surface area contributed by atoms with E-state index in [0.29, 0.717) is 49.7 Å². The summed E-state index contributed by atoms with van der Waals surface area (Å²) in [7, 11) is 0.